The zero-order chi connectivity index (χ0) is 12.3. The summed E-state index contributed by atoms with van der Waals surface area (Å²) in [7, 11) is -3.28. The Hall–Kier alpha value is -0.850. The van der Waals surface area contributed by atoms with Crippen molar-refractivity contribution in [2.45, 2.75) is 0 Å². The highest BCUT2D eigenvalue weighted by Gasteiger charge is 2.26. The van der Waals surface area contributed by atoms with Crippen LogP contribution in [0.25, 0.3) is 0 Å². The van der Waals surface area contributed by atoms with E-state index in [4.69, 9.17) is 11.6 Å². The van der Waals surface area contributed by atoms with Crippen molar-refractivity contribution >= 4 is 27.4 Å². The molecule has 1 saturated heterocycles. The van der Waals surface area contributed by atoms with E-state index in [1.54, 1.807) is 6.20 Å². The average Bonchev–Trinajstić information content (AvgIpc) is 2.40. The highest BCUT2D eigenvalue weighted by molar-refractivity contribution is 7.90. The molecule has 5 nitrogen and oxygen atoms in total. The third-order valence-corrected chi connectivity index (χ3v) is 5.00. The Bertz CT molecular complexity index is 458. The minimum absolute atomic E-state index is 0.351. The molecule has 0 spiro atoms. The van der Waals surface area contributed by atoms with Gasteiger partial charge in [0.05, 0.1) is 0 Å². The number of piperazine rings is 1. The summed E-state index contributed by atoms with van der Waals surface area (Å²) in [6.07, 6.45) is 1.73. The van der Waals surface area contributed by atoms with Gasteiger partial charge in [0, 0.05) is 32.4 Å². The van der Waals surface area contributed by atoms with Gasteiger partial charge >= 0.3 is 0 Å². The number of nitrogens with zero attached hydrogens (tertiary/aromatic N) is 3. The minimum atomic E-state index is -3.28. The molecule has 7 heteroatoms. The Morgan fingerprint density at radius 1 is 1.24 bits per heavy atom. The molecule has 0 atom stereocenters. The van der Waals surface area contributed by atoms with Crippen LogP contribution in [0.1, 0.15) is 0 Å². The van der Waals surface area contributed by atoms with Crippen molar-refractivity contribution < 1.29 is 8.42 Å². The minimum Gasteiger partial charge on any atom is -0.354 e. The first-order valence-corrected chi connectivity index (χ1v) is 7.47. The number of alkyl halides is 1. The molecule has 0 N–H and O–H groups in total. The number of sulfonamides is 1. The molecule has 0 unspecified atom stereocenters. The molecule has 0 bridgehead atoms. The van der Waals surface area contributed by atoms with Crippen molar-refractivity contribution in [1.82, 2.24) is 9.29 Å². The van der Waals surface area contributed by atoms with Crippen LogP contribution in [0.15, 0.2) is 24.4 Å². The molecule has 0 aromatic carbocycles. The molecule has 0 aliphatic carbocycles. The van der Waals surface area contributed by atoms with Crippen LogP contribution in [0.5, 0.6) is 0 Å². The third-order valence-electron chi connectivity index (χ3n) is 2.74. The van der Waals surface area contributed by atoms with Crippen LogP contribution >= 0.6 is 11.6 Å². The van der Waals surface area contributed by atoms with Crippen molar-refractivity contribution in [2.75, 3.05) is 36.3 Å². The lowest BCUT2D eigenvalue weighted by Crippen LogP contribution is -2.49. The van der Waals surface area contributed by atoms with Crippen molar-refractivity contribution in [3.8, 4) is 0 Å². The van der Waals surface area contributed by atoms with Gasteiger partial charge in [-0.15, -0.1) is 11.6 Å². The molecule has 17 heavy (non-hydrogen) atoms. The van der Waals surface area contributed by atoms with Crippen molar-refractivity contribution in [1.29, 1.82) is 0 Å². The Kier molecular flexibility index (Phi) is 3.86. The largest absolute Gasteiger partial charge is 0.354 e. The summed E-state index contributed by atoms with van der Waals surface area (Å²) in [5, 5.41) is -0.351. The van der Waals surface area contributed by atoms with E-state index in [2.05, 4.69) is 9.88 Å². The van der Waals surface area contributed by atoms with Crippen LogP contribution in [0.2, 0.25) is 0 Å². The number of hydrogen-bond donors (Lipinski definition) is 0. The summed E-state index contributed by atoms with van der Waals surface area (Å²) in [6, 6.07) is 5.70. The number of aromatic nitrogens is 1. The standard InChI is InChI=1S/C10H14ClN3O2S/c11-9-17(15,16)14-7-5-13(6-8-14)10-3-1-2-4-12-10/h1-4H,5-9H2. The van der Waals surface area contributed by atoms with Crippen molar-refractivity contribution in [2.24, 2.45) is 0 Å². The fourth-order valence-corrected chi connectivity index (χ4v) is 3.08. The van der Waals surface area contributed by atoms with Crippen LogP contribution in [-0.2, 0) is 10.0 Å². The van der Waals surface area contributed by atoms with Crippen LogP contribution in [-0.4, -0.2) is 49.1 Å². The molecular weight excluding hydrogens is 262 g/mol. The summed E-state index contributed by atoms with van der Waals surface area (Å²) in [5.74, 6) is 0.885. The van der Waals surface area contributed by atoms with E-state index < -0.39 is 10.0 Å². The smallest absolute Gasteiger partial charge is 0.228 e. The molecular formula is C10H14ClN3O2S. The maximum atomic E-state index is 11.6. The van der Waals surface area contributed by atoms with Gasteiger partial charge in [-0.25, -0.2) is 13.4 Å². The third kappa shape index (κ3) is 2.88. The average molecular weight is 276 g/mol. The zero-order valence-corrected chi connectivity index (χ0v) is 10.9. The maximum Gasteiger partial charge on any atom is 0.228 e. The van der Waals surface area contributed by atoms with E-state index in [9.17, 15) is 8.42 Å². The van der Waals surface area contributed by atoms with Gasteiger partial charge in [0.1, 0.15) is 11.0 Å². The van der Waals surface area contributed by atoms with E-state index in [1.165, 1.54) is 4.31 Å². The van der Waals surface area contributed by atoms with E-state index in [0.717, 1.165) is 5.82 Å². The van der Waals surface area contributed by atoms with E-state index in [1.807, 2.05) is 18.2 Å². The first-order valence-electron chi connectivity index (χ1n) is 5.33. The molecule has 0 radical (unpaired) electrons. The van der Waals surface area contributed by atoms with Gasteiger partial charge in [-0.3, -0.25) is 0 Å². The number of halogens is 1. The lowest BCUT2D eigenvalue weighted by molar-refractivity contribution is 0.386. The molecule has 1 aromatic heterocycles. The predicted octanol–water partition coefficient (Wildman–Crippen LogP) is 0.730. The highest BCUT2D eigenvalue weighted by atomic mass is 35.5. The highest BCUT2D eigenvalue weighted by Crippen LogP contribution is 2.14. The molecule has 1 aliphatic heterocycles. The number of anilines is 1. The predicted molar refractivity (Wildman–Crippen MR) is 67.7 cm³/mol. The summed E-state index contributed by atoms with van der Waals surface area (Å²) < 4.78 is 24.5. The van der Waals surface area contributed by atoms with Crippen LogP contribution in [0.4, 0.5) is 5.82 Å². The van der Waals surface area contributed by atoms with Gasteiger partial charge in [-0.2, -0.15) is 4.31 Å². The van der Waals surface area contributed by atoms with Crippen LogP contribution < -0.4 is 4.90 Å². The SMILES string of the molecule is O=S(=O)(CCl)N1CCN(c2ccccn2)CC1. The Balaban J connectivity index is 2.00. The molecule has 94 valence electrons. The molecule has 1 aromatic rings. The Morgan fingerprint density at radius 2 is 1.94 bits per heavy atom. The van der Waals surface area contributed by atoms with E-state index in [0.29, 0.717) is 26.2 Å². The lowest BCUT2D eigenvalue weighted by atomic mass is 10.3. The second kappa shape index (κ2) is 5.20. The van der Waals surface area contributed by atoms with Gasteiger partial charge < -0.3 is 4.90 Å². The maximum absolute atomic E-state index is 11.6. The second-order valence-corrected chi connectivity index (χ2v) is 6.35. The number of rotatable bonds is 3. The molecule has 0 amide bonds. The second-order valence-electron chi connectivity index (χ2n) is 3.80. The molecule has 1 fully saturated rings. The number of hydrogen-bond acceptors (Lipinski definition) is 4. The van der Waals surface area contributed by atoms with Crippen LogP contribution in [0.3, 0.4) is 0 Å². The van der Waals surface area contributed by atoms with Gasteiger partial charge in [-0.1, -0.05) is 6.07 Å². The Labute approximate surface area is 106 Å². The molecule has 1 aliphatic rings. The van der Waals surface area contributed by atoms with Gasteiger partial charge in [0.2, 0.25) is 10.0 Å². The molecule has 2 heterocycles. The van der Waals surface area contributed by atoms with E-state index in [-0.39, 0.29) is 5.21 Å². The van der Waals surface area contributed by atoms with Gasteiger partial charge in [0.15, 0.2) is 0 Å². The zero-order valence-electron chi connectivity index (χ0n) is 9.29. The summed E-state index contributed by atoms with van der Waals surface area (Å²) in [6.45, 7) is 2.22. The Morgan fingerprint density at radius 3 is 2.47 bits per heavy atom. The molecule has 0 saturated carbocycles. The van der Waals surface area contributed by atoms with Gasteiger partial charge in [0.25, 0.3) is 0 Å². The summed E-state index contributed by atoms with van der Waals surface area (Å²) in [5.41, 5.74) is 0. The van der Waals surface area contributed by atoms with E-state index >= 15 is 0 Å². The monoisotopic (exact) mass is 275 g/mol. The van der Waals surface area contributed by atoms with Crippen molar-refractivity contribution in [3.05, 3.63) is 24.4 Å². The summed E-state index contributed by atoms with van der Waals surface area (Å²) >= 11 is 5.42. The van der Waals surface area contributed by atoms with Gasteiger partial charge in [-0.05, 0) is 12.1 Å². The van der Waals surface area contributed by atoms with Crippen LogP contribution in [0, 0.1) is 0 Å². The topological polar surface area (TPSA) is 53.5 Å². The first kappa shape index (κ1) is 12.6. The first-order chi connectivity index (χ1) is 8.13. The lowest BCUT2D eigenvalue weighted by Gasteiger charge is -2.34. The fraction of sp³-hybridized carbons (Fsp3) is 0.500. The fourth-order valence-electron chi connectivity index (χ4n) is 1.81. The van der Waals surface area contributed by atoms with Crippen molar-refractivity contribution in [3.63, 3.8) is 0 Å². The quantitative estimate of drug-likeness (QED) is 0.763. The molecule has 2 rings (SSSR count). The summed E-state index contributed by atoms with van der Waals surface area (Å²) in [4.78, 5) is 6.31. The number of pyridine rings is 1. The normalized spacial score (nSPS) is 18.3.